The Balaban J connectivity index is 2.01. The van der Waals surface area contributed by atoms with Crippen LogP contribution in [0.15, 0.2) is 18.2 Å². The fourth-order valence-electron chi connectivity index (χ4n) is 2.85. The summed E-state index contributed by atoms with van der Waals surface area (Å²) in [6, 6.07) is 8.52. The van der Waals surface area contributed by atoms with Crippen molar-refractivity contribution in [2.75, 3.05) is 0 Å². The summed E-state index contributed by atoms with van der Waals surface area (Å²) in [4.78, 5) is 0. The van der Waals surface area contributed by atoms with Crippen molar-refractivity contribution in [3.05, 3.63) is 46.5 Å². The first-order valence-electron chi connectivity index (χ1n) is 7.80. The van der Waals surface area contributed by atoms with E-state index in [1.54, 1.807) is 0 Å². The molecule has 2 heterocycles. The molecule has 0 unspecified atom stereocenters. The highest BCUT2D eigenvalue weighted by Crippen LogP contribution is 2.22. The van der Waals surface area contributed by atoms with Gasteiger partial charge in [-0.05, 0) is 49.5 Å². The third-order valence-corrected chi connectivity index (χ3v) is 4.31. The van der Waals surface area contributed by atoms with Crippen LogP contribution in [0.4, 0.5) is 0 Å². The largest absolute Gasteiger partial charge is 0.310 e. The lowest BCUT2D eigenvalue weighted by molar-refractivity contribution is 0.627. The molecule has 0 saturated carbocycles. The second-order valence-corrected chi connectivity index (χ2v) is 5.92. The number of nitrogens with zero attached hydrogens (tertiary/aromatic N) is 4. The van der Waals surface area contributed by atoms with E-state index in [0.29, 0.717) is 11.4 Å². The minimum atomic E-state index is 0.587. The maximum Gasteiger partial charge on any atom is 0.174 e. The molecule has 22 heavy (non-hydrogen) atoms. The number of aryl methyl sites for hydroxylation is 3. The molecular formula is C18H20N4. The number of rotatable bonds is 2. The predicted molar refractivity (Wildman–Crippen MR) is 87.0 cm³/mol. The molecule has 1 aromatic carbocycles. The number of fused-ring (bicyclic) bond motifs is 1. The highest BCUT2D eigenvalue weighted by Gasteiger charge is 2.17. The minimum absolute atomic E-state index is 0.587. The third kappa shape index (κ3) is 2.80. The summed E-state index contributed by atoms with van der Waals surface area (Å²) in [6.07, 6.45) is 6.36. The maximum atomic E-state index is 9.56. The van der Waals surface area contributed by atoms with Crippen LogP contribution in [-0.2, 0) is 13.0 Å². The van der Waals surface area contributed by atoms with Crippen molar-refractivity contribution >= 4 is 11.6 Å². The summed E-state index contributed by atoms with van der Waals surface area (Å²) in [5.74, 6) is 1.71. The van der Waals surface area contributed by atoms with Gasteiger partial charge >= 0.3 is 0 Å². The van der Waals surface area contributed by atoms with E-state index in [1.165, 1.54) is 17.5 Å². The van der Waals surface area contributed by atoms with Crippen molar-refractivity contribution in [2.24, 2.45) is 0 Å². The van der Waals surface area contributed by atoms with Crippen LogP contribution in [0.5, 0.6) is 0 Å². The predicted octanol–water partition coefficient (Wildman–Crippen LogP) is 3.69. The zero-order chi connectivity index (χ0) is 15.5. The zero-order valence-corrected chi connectivity index (χ0v) is 13.1. The molecule has 1 aliphatic heterocycles. The molecule has 1 aromatic heterocycles. The summed E-state index contributed by atoms with van der Waals surface area (Å²) >= 11 is 0. The first kappa shape index (κ1) is 14.5. The van der Waals surface area contributed by atoms with Gasteiger partial charge in [0.15, 0.2) is 5.82 Å². The van der Waals surface area contributed by atoms with E-state index in [0.717, 1.165) is 37.2 Å². The van der Waals surface area contributed by atoms with Gasteiger partial charge in [0.05, 0.1) is 5.57 Å². The monoisotopic (exact) mass is 292 g/mol. The van der Waals surface area contributed by atoms with E-state index in [9.17, 15) is 5.26 Å². The highest BCUT2D eigenvalue weighted by molar-refractivity contribution is 5.87. The van der Waals surface area contributed by atoms with Crippen LogP contribution in [0.2, 0.25) is 0 Å². The summed E-state index contributed by atoms with van der Waals surface area (Å²) in [5, 5.41) is 18.1. The van der Waals surface area contributed by atoms with Gasteiger partial charge in [-0.2, -0.15) is 5.26 Å². The van der Waals surface area contributed by atoms with E-state index in [2.05, 4.69) is 46.8 Å². The molecule has 112 valence electrons. The van der Waals surface area contributed by atoms with Crippen molar-refractivity contribution in [2.45, 2.75) is 46.1 Å². The summed E-state index contributed by atoms with van der Waals surface area (Å²) in [7, 11) is 0. The Morgan fingerprint density at radius 3 is 2.82 bits per heavy atom. The number of hydrogen-bond donors (Lipinski definition) is 0. The normalized spacial score (nSPS) is 15.0. The lowest BCUT2D eigenvalue weighted by Gasteiger charge is -2.06. The van der Waals surface area contributed by atoms with Crippen molar-refractivity contribution < 1.29 is 0 Å². The van der Waals surface area contributed by atoms with E-state index in [1.807, 2.05) is 12.1 Å². The van der Waals surface area contributed by atoms with Crippen LogP contribution in [0.3, 0.4) is 0 Å². The van der Waals surface area contributed by atoms with Gasteiger partial charge in [-0.1, -0.05) is 24.6 Å². The van der Waals surface area contributed by atoms with Crippen LogP contribution in [0.25, 0.3) is 11.6 Å². The van der Waals surface area contributed by atoms with Gasteiger partial charge in [0, 0.05) is 13.0 Å². The molecule has 0 amide bonds. The molecular weight excluding hydrogens is 272 g/mol. The van der Waals surface area contributed by atoms with Crippen LogP contribution in [0.1, 0.15) is 47.6 Å². The fraction of sp³-hybridized carbons (Fsp3) is 0.389. The molecule has 0 aliphatic carbocycles. The molecule has 0 saturated heterocycles. The summed E-state index contributed by atoms with van der Waals surface area (Å²) in [6.45, 7) is 5.08. The fourth-order valence-corrected chi connectivity index (χ4v) is 2.85. The van der Waals surface area contributed by atoms with Gasteiger partial charge in [0.1, 0.15) is 11.9 Å². The van der Waals surface area contributed by atoms with E-state index in [4.69, 9.17) is 0 Å². The molecule has 3 rings (SSSR count). The summed E-state index contributed by atoms with van der Waals surface area (Å²) in [5.41, 5.74) is 4.10. The van der Waals surface area contributed by atoms with Crippen molar-refractivity contribution in [1.82, 2.24) is 14.8 Å². The molecule has 2 aromatic rings. The lowest BCUT2D eigenvalue weighted by Crippen LogP contribution is -2.05. The first-order valence-corrected chi connectivity index (χ1v) is 7.80. The second kappa shape index (κ2) is 6.15. The quantitative estimate of drug-likeness (QED) is 0.793. The Kier molecular flexibility index (Phi) is 4.06. The van der Waals surface area contributed by atoms with Gasteiger partial charge < -0.3 is 4.57 Å². The van der Waals surface area contributed by atoms with Crippen molar-refractivity contribution in [1.29, 1.82) is 5.26 Å². The lowest BCUT2D eigenvalue weighted by atomic mass is 10.0. The molecule has 1 aliphatic rings. The third-order valence-electron chi connectivity index (χ3n) is 4.31. The molecule has 0 radical (unpaired) electrons. The van der Waals surface area contributed by atoms with Gasteiger partial charge in [0.2, 0.25) is 0 Å². The van der Waals surface area contributed by atoms with Gasteiger partial charge in [0.25, 0.3) is 0 Å². The SMILES string of the molecule is Cc1ccc(C=C(C#N)c2nnc3n2CCCCC3)cc1C. The Morgan fingerprint density at radius 2 is 2.05 bits per heavy atom. The smallest absolute Gasteiger partial charge is 0.174 e. The molecule has 0 fully saturated rings. The Labute approximate surface area is 131 Å². The minimum Gasteiger partial charge on any atom is -0.310 e. The average Bonchev–Trinajstić information content (AvgIpc) is 2.77. The number of hydrogen-bond acceptors (Lipinski definition) is 3. The molecule has 0 atom stereocenters. The van der Waals surface area contributed by atoms with Crippen LogP contribution in [-0.4, -0.2) is 14.8 Å². The van der Waals surface area contributed by atoms with E-state index < -0.39 is 0 Å². The van der Waals surface area contributed by atoms with Crippen LogP contribution in [0, 0.1) is 25.2 Å². The molecule has 0 spiro atoms. The second-order valence-electron chi connectivity index (χ2n) is 5.92. The number of nitriles is 1. The molecule has 4 nitrogen and oxygen atoms in total. The van der Waals surface area contributed by atoms with Gasteiger partial charge in [-0.15, -0.1) is 10.2 Å². The molecule has 4 heteroatoms. The zero-order valence-electron chi connectivity index (χ0n) is 13.1. The Morgan fingerprint density at radius 1 is 1.18 bits per heavy atom. The van der Waals surface area contributed by atoms with Crippen molar-refractivity contribution in [3.8, 4) is 6.07 Å². The average molecular weight is 292 g/mol. The molecule has 0 N–H and O–H groups in total. The summed E-state index contributed by atoms with van der Waals surface area (Å²) < 4.78 is 2.11. The number of allylic oxidation sites excluding steroid dienone is 1. The van der Waals surface area contributed by atoms with Gasteiger partial charge in [-0.25, -0.2) is 0 Å². The van der Waals surface area contributed by atoms with Crippen LogP contribution < -0.4 is 0 Å². The van der Waals surface area contributed by atoms with Gasteiger partial charge in [-0.3, -0.25) is 0 Å². The topological polar surface area (TPSA) is 54.5 Å². The van der Waals surface area contributed by atoms with E-state index >= 15 is 0 Å². The number of benzene rings is 1. The van der Waals surface area contributed by atoms with E-state index in [-0.39, 0.29) is 0 Å². The first-order chi connectivity index (χ1) is 10.7. The maximum absolute atomic E-state index is 9.56. The molecule has 0 bridgehead atoms. The standard InChI is InChI=1S/C18H20N4/c1-13-7-8-15(10-14(13)2)11-16(12-19)18-21-20-17-6-4-3-5-9-22(17)18/h7-8,10-11H,3-6,9H2,1-2H3. The number of aromatic nitrogens is 3. The van der Waals surface area contributed by atoms with Crippen molar-refractivity contribution in [3.63, 3.8) is 0 Å². The van der Waals surface area contributed by atoms with Crippen LogP contribution >= 0.6 is 0 Å². The Bertz CT molecular complexity index is 762. The highest BCUT2D eigenvalue weighted by atomic mass is 15.3. The Hall–Kier alpha value is -2.41.